The molecule has 3 rings (SSSR count). The van der Waals surface area contributed by atoms with Gasteiger partial charge in [0.05, 0.1) is 25.9 Å². The van der Waals surface area contributed by atoms with Gasteiger partial charge in [-0.2, -0.15) is 0 Å². The van der Waals surface area contributed by atoms with Gasteiger partial charge in [-0.15, -0.1) is 0 Å². The third-order valence-electron chi connectivity index (χ3n) is 3.69. The van der Waals surface area contributed by atoms with Crippen molar-refractivity contribution in [3.63, 3.8) is 0 Å². The van der Waals surface area contributed by atoms with E-state index < -0.39 is 29.7 Å². The number of hydrogen-bond acceptors (Lipinski definition) is 7. The van der Waals surface area contributed by atoms with E-state index in [-0.39, 0.29) is 13.0 Å². The fourth-order valence-electron chi connectivity index (χ4n) is 2.37. The summed E-state index contributed by atoms with van der Waals surface area (Å²) in [6.45, 7) is 5.10. The molecule has 2 aliphatic heterocycles. The predicted molar refractivity (Wildman–Crippen MR) is 81.4 cm³/mol. The van der Waals surface area contributed by atoms with Gasteiger partial charge in [0.25, 0.3) is 5.56 Å². The van der Waals surface area contributed by atoms with Gasteiger partial charge < -0.3 is 25.0 Å². The van der Waals surface area contributed by atoms with Gasteiger partial charge in [-0.05, 0) is 6.92 Å². The van der Waals surface area contributed by atoms with E-state index in [1.807, 2.05) is 0 Å². The molecular weight excluding hydrogens is 306 g/mol. The minimum atomic E-state index is -0.816. The molecule has 0 aromatic carbocycles. The Kier molecular flexibility index (Phi) is 6.48. The summed E-state index contributed by atoms with van der Waals surface area (Å²) in [5, 5.41) is 21.7. The zero-order valence-electron chi connectivity index (χ0n) is 13.0. The highest BCUT2D eigenvalue weighted by atomic mass is 16.5. The van der Waals surface area contributed by atoms with E-state index in [9.17, 15) is 14.7 Å². The van der Waals surface area contributed by atoms with Crippen LogP contribution in [0.3, 0.4) is 0 Å². The first-order valence-corrected chi connectivity index (χ1v) is 7.58. The highest BCUT2D eigenvalue weighted by Gasteiger charge is 2.34. The molecule has 0 spiro atoms. The molecule has 0 bridgehead atoms. The number of morpholine rings is 1. The fraction of sp³-hybridized carbons (Fsp3) is 0.714. The molecular formula is C14H23N3O6. The first-order valence-electron chi connectivity index (χ1n) is 7.58. The SMILES string of the molecule is C1COCCN1.Cc1cn([C@H]2C[C@H](O)[C@@H](CO)O2)c(=O)[nH]c1=O. The largest absolute Gasteiger partial charge is 0.394 e. The molecule has 2 saturated heterocycles. The van der Waals surface area contributed by atoms with Gasteiger partial charge in [-0.1, -0.05) is 0 Å². The number of aliphatic hydroxyl groups excluding tert-OH is 2. The zero-order chi connectivity index (χ0) is 16.8. The maximum atomic E-state index is 11.6. The van der Waals surface area contributed by atoms with Crippen LogP contribution < -0.4 is 16.6 Å². The Morgan fingerprint density at radius 1 is 1.35 bits per heavy atom. The van der Waals surface area contributed by atoms with Crippen LogP contribution in [0.15, 0.2) is 15.8 Å². The van der Waals surface area contributed by atoms with Crippen molar-refractivity contribution >= 4 is 0 Å². The van der Waals surface area contributed by atoms with E-state index in [1.54, 1.807) is 6.92 Å². The van der Waals surface area contributed by atoms with Crippen molar-refractivity contribution < 1.29 is 19.7 Å². The zero-order valence-corrected chi connectivity index (χ0v) is 13.0. The van der Waals surface area contributed by atoms with Crippen LogP contribution in [-0.2, 0) is 9.47 Å². The molecule has 1 aromatic rings. The summed E-state index contributed by atoms with van der Waals surface area (Å²) in [6.07, 6.45) is -0.581. The number of hydrogen-bond donors (Lipinski definition) is 4. The van der Waals surface area contributed by atoms with Crippen molar-refractivity contribution in [2.45, 2.75) is 31.8 Å². The Labute approximate surface area is 132 Å². The molecule has 9 heteroatoms. The average Bonchev–Trinajstić information content (AvgIpc) is 2.94. The topological polar surface area (TPSA) is 126 Å². The van der Waals surface area contributed by atoms with E-state index >= 15 is 0 Å². The van der Waals surface area contributed by atoms with Crippen LogP contribution >= 0.6 is 0 Å². The van der Waals surface area contributed by atoms with Crippen LogP contribution in [0.25, 0.3) is 0 Å². The first kappa shape index (κ1) is 17.8. The molecule has 9 nitrogen and oxygen atoms in total. The molecule has 0 unspecified atom stereocenters. The van der Waals surface area contributed by atoms with E-state index in [4.69, 9.17) is 14.6 Å². The molecule has 2 aliphatic rings. The maximum absolute atomic E-state index is 11.6. The standard InChI is InChI=1S/C10H14N2O5.C4H9NO/c1-5-3-12(10(16)11-9(5)15)8-2-6(14)7(4-13)17-8;1-3-6-4-2-5-1/h3,6-8,13-14H,2,4H2,1H3,(H,11,15,16);5H,1-4H2/t6-,7+,8+;/m0./s1. The third-order valence-corrected chi connectivity index (χ3v) is 3.69. The summed E-state index contributed by atoms with van der Waals surface area (Å²) < 4.78 is 11.6. The van der Waals surface area contributed by atoms with Gasteiger partial charge in [0.1, 0.15) is 12.3 Å². The number of H-pyrrole nitrogens is 1. The Bertz CT molecular complexity index is 598. The van der Waals surface area contributed by atoms with Crippen molar-refractivity contribution in [1.29, 1.82) is 0 Å². The number of rotatable bonds is 2. The Hall–Kier alpha value is -1.52. The second kappa shape index (κ2) is 8.37. The lowest BCUT2D eigenvalue weighted by Crippen LogP contribution is -2.33. The van der Waals surface area contributed by atoms with Crippen LogP contribution in [0.1, 0.15) is 18.2 Å². The van der Waals surface area contributed by atoms with Crippen LogP contribution in [0.2, 0.25) is 0 Å². The van der Waals surface area contributed by atoms with Crippen molar-refractivity contribution in [2.24, 2.45) is 0 Å². The smallest absolute Gasteiger partial charge is 0.330 e. The van der Waals surface area contributed by atoms with E-state index in [0.717, 1.165) is 26.3 Å². The van der Waals surface area contributed by atoms with Crippen LogP contribution in [0.4, 0.5) is 0 Å². The molecule has 0 radical (unpaired) electrons. The number of ether oxygens (including phenoxy) is 2. The number of nitrogens with zero attached hydrogens (tertiary/aromatic N) is 1. The summed E-state index contributed by atoms with van der Waals surface area (Å²) in [5.74, 6) is 0. The van der Waals surface area contributed by atoms with Gasteiger partial charge in [-0.25, -0.2) is 4.79 Å². The number of nitrogens with one attached hydrogen (secondary N) is 2. The van der Waals surface area contributed by atoms with Crippen LogP contribution in [0.5, 0.6) is 0 Å². The number of aromatic nitrogens is 2. The van der Waals surface area contributed by atoms with Crippen molar-refractivity contribution in [3.05, 3.63) is 32.6 Å². The normalized spacial score (nSPS) is 27.3. The van der Waals surface area contributed by atoms with E-state index in [0.29, 0.717) is 5.56 Å². The number of aromatic amines is 1. The molecule has 3 heterocycles. The molecule has 3 atom stereocenters. The summed E-state index contributed by atoms with van der Waals surface area (Å²) in [4.78, 5) is 24.9. The van der Waals surface area contributed by atoms with E-state index in [2.05, 4.69) is 10.3 Å². The lowest BCUT2D eigenvalue weighted by molar-refractivity contribution is -0.0459. The Balaban J connectivity index is 0.000000268. The highest BCUT2D eigenvalue weighted by Crippen LogP contribution is 2.27. The first-order chi connectivity index (χ1) is 11.0. The number of aliphatic hydroxyl groups is 2. The molecule has 1 aromatic heterocycles. The van der Waals surface area contributed by atoms with Crippen molar-refractivity contribution in [1.82, 2.24) is 14.9 Å². The van der Waals surface area contributed by atoms with Crippen LogP contribution in [-0.4, -0.2) is 64.9 Å². The van der Waals surface area contributed by atoms with Gasteiger partial charge in [0.15, 0.2) is 0 Å². The molecule has 130 valence electrons. The Morgan fingerprint density at radius 3 is 2.52 bits per heavy atom. The molecule has 2 fully saturated rings. The Morgan fingerprint density at radius 2 is 2.04 bits per heavy atom. The average molecular weight is 329 g/mol. The number of aryl methyl sites for hydroxylation is 1. The van der Waals surface area contributed by atoms with Crippen LogP contribution in [0, 0.1) is 6.92 Å². The summed E-state index contributed by atoms with van der Waals surface area (Å²) >= 11 is 0. The summed E-state index contributed by atoms with van der Waals surface area (Å²) in [5.41, 5.74) is -0.643. The van der Waals surface area contributed by atoms with Gasteiger partial charge >= 0.3 is 5.69 Å². The lowest BCUT2D eigenvalue weighted by Gasteiger charge is -2.14. The van der Waals surface area contributed by atoms with E-state index in [1.165, 1.54) is 10.8 Å². The predicted octanol–water partition coefficient (Wildman–Crippen LogP) is -1.91. The molecule has 0 amide bonds. The van der Waals surface area contributed by atoms with Crippen molar-refractivity contribution in [2.75, 3.05) is 32.9 Å². The minimum absolute atomic E-state index is 0.205. The highest BCUT2D eigenvalue weighted by molar-refractivity contribution is 5.02. The molecule has 4 N–H and O–H groups in total. The van der Waals surface area contributed by atoms with Crippen molar-refractivity contribution in [3.8, 4) is 0 Å². The van der Waals surface area contributed by atoms with Gasteiger partial charge in [-0.3, -0.25) is 14.3 Å². The summed E-state index contributed by atoms with van der Waals surface area (Å²) in [7, 11) is 0. The van der Waals surface area contributed by atoms with Gasteiger partial charge in [0.2, 0.25) is 0 Å². The quantitative estimate of drug-likeness (QED) is 0.499. The fourth-order valence-corrected chi connectivity index (χ4v) is 2.37. The monoisotopic (exact) mass is 329 g/mol. The molecule has 23 heavy (non-hydrogen) atoms. The molecule has 0 aliphatic carbocycles. The minimum Gasteiger partial charge on any atom is -0.394 e. The van der Waals surface area contributed by atoms with Gasteiger partial charge in [0, 0.05) is 31.3 Å². The summed E-state index contributed by atoms with van der Waals surface area (Å²) in [6, 6.07) is 0. The second-order valence-corrected chi connectivity index (χ2v) is 5.46. The lowest BCUT2D eigenvalue weighted by atomic mass is 10.2. The second-order valence-electron chi connectivity index (χ2n) is 5.46. The maximum Gasteiger partial charge on any atom is 0.330 e. The third kappa shape index (κ3) is 4.72. The molecule has 0 saturated carbocycles.